The van der Waals surface area contributed by atoms with Gasteiger partial charge in [0.15, 0.2) is 34.7 Å². The Morgan fingerprint density at radius 3 is 1.13 bits per heavy atom. The molecule has 13 heteroatoms. The molecule has 0 aliphatic heterocycles. The maximum atomic E-state index is 5.51. The lowest BCUT2D eigenvalue weighted by atomic mass is 10.0. The van der Waals surface area contributed by atoms with E-state index in [0.29, 0.717) is 5.89 Å². The maximum absolute atomic E-state index is 5.51. The molecule has 14 rings (SSSR count). The third-order valence-electron chi connectivity index (χ3n) is 13.4. The van der Waals surface area contributed by atoms with Gasteiger partial charge in [-0.1, -0.05) is 218 Å². The Morgan fingerprint density at radius 1 is 0.341 bits per heavy atom. The smallest absolute Gasteiger partial charge is 0.219 e. The van der Waals surface area contributed by atoms with Gasteiger partial charge in [-0.2, -0.15) is 0 Å². The number of benzene rings is 9. The third-order valence-corrected chi connectivity index (χ3v) is 13.4. The summed E-state index contributed by atoms with van der Waals surface area (Å²) < 4.78 is 17.0. The van der Waals surface area contributed by atoms with E-state index in [1.807, 2.05) is 192 Å². The molecule has 0 radical (unpaired) electrons. The molecule has 0 unspecified atom stereocenters. The average Bonchev–Trinajstić information content (AvgIpc) is 4.61. The second-order valence-corrected chi connectivity index (χ2v) is 19.5. The minimum atomic E-state index is 0.645. The van der Waals surface area contributed by atoms with E-state index in [9.17, 15) is 0 Å². The van der Waals surface area contributed by atoms with Crippen molar-refractivity contribution >= 4 is 17.2 Å². The fourth-order valence-corrected chi connectivity index (χ4v) is 9.27. The largest absolute Gasteiger partial charge is 0.441 e. The van der Waals surface area contributed by atoms with Crippen molar-refractivity contribution in [2.45, 2.75) is 41.5 Å². The van der Waals surface area contributed by atoms with Gasteiger partial charge < -0.3 is 8.83 Å². The van der Waals surface area contributed by atoms with Crippen molar-refractivity contribution in [1.82, 2.24) is 54.3 Å². The molecular weight excluding hydrogens is 1050 g/mol. The quantitative estimate of drug-likeness (QED) is 0.137. The van der Waals surface area contributed by atoms with Crippen LogP contribution >= 0.6 is 0 Å². The fraction of sp³-hybridized carbons (Fsp3) is 0.0833. The lowest BCUT2D eigenvalue weighted by Crippen LogP contribution is -1.99. The molecule has 13 nitrogen and oxygen atoms in total. The Labute approximate surface area is 495 Å². The first-order valence-electron chi connectivity index (χ1n) is 27.9. The van der Waals surface area contributed by atoms with Crippen LogP contribution in [0.15, 0.2) is 276 Å². The van der Waals surface area contributed by atoms with Crippen LogP contribution in [0.2, 0.25) is 0 Å². The molecule has 9 aromatic carbocycles. The Balaban J connectivity index is 0.000000121. The van der Waals surface area contributed by atoms with Gasteiger partial charge in [0, 0.05) is 46.2 Å². The molecule has 5 aromatic heterocycles. The summed E-state index contributed by atoms with van der Waals surface area (Å²) in [5.74, 6) is 7.44. The van der Waals surface area contributed by atoms with Crippen molar-refractivity contribution in [2.24, 2.45) is 0 Å². The second-order valence-electron chi connectivity index (χ2n) is 19.5. The molecule has 0 saturated heterocycles. The van der Waals surface area contributed by atoms with E-state index in [1.165, 1.54) is 16.7 Å². The van der Waals surface area contributed by atoms with Gasteiger partial charge in [0.2, 0.25) is 5.89 Å². The van der Waals surface area contributed by atoms with Gasteiger partial charge in [-0.25, -0.2) is 9.97 Å². The number of hydrogen-bond acceptors (Lipinski definition) is 10. The molecule has 418 valence electrons. The Hall–Kier alpha value is -11.2. The van der Waals surface area contributed by atoms with Crippen molar-refractivity contribution in [3.8, 4) is 73.7 Å². The van der Waals surface area contributed by atoms with E-state index in [4.69, 9.17) is 8.83 Å². The normalized spacial score (nSPS) is 10.7. The maximum Gasteiger partial charge on any atom is 0.219 e. The number of para-hydroxylation sites is 5. The molecule has 0 bridgehead atoms. The Bertz CT molecular complexity index is 4290. The molecule has 14 aromatic rings. The van der Waals surface area contributed by atoms with E-state index >= 15 is 0 Å². The molecule has 0 N–H and O–H groups in total. The average molecular weight is 1110 g/mol. The Morgan fingerprint density at radius 2 is 0.694 bits per heavy atom. The Kier molecular flexibility index (Phi) is 18.8. The summed E-state index contributed by atoms with van der Waals surface area (Å²) in [4.78, 5) is 8.28. The van der Waals surface area contributed by atoms with Crippen LogP contribution in [0.4, 0.5) is 0 Å². The van der Waals surface area contributed by atoms with Gasteiger partial charge in [-0.3, -0.25) is 13.7 Å². The zero-order chi connectivity index (χ0) is 58.7. The van der Waals surface area contributed by atoms with E-state index in [0.717, 1.165) is 97.0 Å². The third kappa shape index (κ3) is 14.5. The SMILES string of the molecule is C/C=C/c1ncc(-c2ccccc2)o1.Cc1ccc(-c2nnc(C)n2-c2ccccc2)cc1.Cc1nc2ccccc2o1.Cc1nnc(-c2ccc(-c3ccccc3)cc2)n1-c1ccccc1.Cc1nnc(-c2ccccc2)n1-c1ccccc1. The van der Waals surface area contributed by atoms with Crippen molar-refractivity contribution in [3.63, 3.8) is 0 Å². The van der Waals surface area contributed by atoms with Crippen molar-refractivity contribution in [1.29, 1.82) is 0 Å². The standard InChI is InChI=1S/C21H17N3.C16H15N3.C15H13N3.C12H11NO.C8H7NO/c1-16-22-23-21(24(16)20-10-6-3-7-11-20)19-14-12-18(13-15-19)17-8-4-2-5-9-17;1-12-8-10-14(11-9-12)16-18-17-13(2)19(16)15-6-4-3-5-7-15;1-12-16-17-15(13-8-4-2-5-9-13)18(12)14-10-6-3-7-11-14;1-2-6-12-13-9-11(14-12)10-7-4-3-5-8-10;1-6-9-7-4-2-3-5-8(7)10-6/h2-15H,1H3;3-11H,1-2H3;2-11H,1H3;2-9H,1H3;2-5H,1H3/b;;;6-2+;. The number of oxazole rings is 2. The molecule has 5 heterocycles. The van der Waals surface area contributed by atoms with Gasteiger partial charge in [0.1, 0.15) is 23.0 Å². The van der Waals surface area contributed by atoms with Crippen LogP contribution in [0.3, 0.4) is 0 Å². The van der Waals surface area contributed by atoms with Crippen LogP contribution < -0.4 is 0 Å². The first-order chi connectivity index (χ1) is 41.7. The van der Waals surface area contributed by atoms with E-state index < -0.39 is 0 Å². The number of nitrogens with zero attached hydrogens (tertiary/aromatic N) is 11. The number of rotatable bonds is 9. The summed E-state index contributed by atoms with van der Waals surface area (Å²) in [5.41, 5.74) is 12.9. The second kappa shape index (κ2) is 28.0. The molecule has 0 spiro atoms. The van der Waals surface area contributed by atoms with Crippen LogP contribution in [0.5, 0.6) is 0 Å². The van der Waals surface area contributed by atoms with Gasteiger partial charge in [-0.05, 0) is 100 Å². The summed E-state index contributed by atoms with van der Waals surface area (Å²) >= 11 is 0. The first kappa shape index (κ1) is 57.1. The molecule has 85 heavy (non-hydrogen) atoms. The molecular formula is C72H63N11O2. The highest BCUT2D eigenvalue weighted by molar-refractivity contribution is 5.72. The summed E-state index contributed by atoms with van der Waals surface area (Å²) in [5, 5.41) is 25.6. The zero-order valence-electron chi connectivity index (χ0n) is 48.2. The highest BCUT2D eigenvalue weighted by Crippen LogP contribution is 2.28. The number of hydrogen-bond donors (Lipinski definition) is 0. The van der Waals surface area contributed by atoms with Crippen LogP contribution in [-0.2, 0) is 0 Å². The molecule has 0 saturated carbocycles. The lowest BCUT2D eigenvalue weighted by molar-refractivity contribution is 0.560. The number of aryl methyl sites for hydroxylation is 5. The summed E-state index contributed by atoms with van der Waals surface area (Å²) in [7, 11) is 0. The highest BCUT2D eigenvalue weighted by Gasteiger charge is 2.15. The predicted molar refractivity (Wildman–Crippen MR) is 340 cm³/mol. The van der Waals surface area contributed by atoms with Crippen LogP contribution in [0.25, 0.3) is 90.9 Å². The van der Waals surface area contributed by atoms with Crippen molar-refractivity contribution in [2.75, 3.05) is 0 Å². The molecule has 0 aliphatic carbocycles. The number of fused-ring (bicyclic) bond motifs is 1. The zero-order valence-corrected chi connectivity index (χ0v) is 48.2. The van der Waals surface area contributed by atoms with Crippen LogP contribution in [0.1, 0.15) is 41.7 Å². The summed E-state index contributed by atoms with van der Waals surface area (Å²) in [6, 6.07) is 85.5. The molecule has 0 amide bonds. The van der Waals surface area contributed by atoms with Gasteiger partial charge in [-0.15, -0.1) is 30.6 Å². The number of aromatic nitrogens is 11. The summed E-state index contributed by atoms with van der Waals surface area (Å²) in [6.45, 7) is 11.8. The number of allylic oxidation sites excluding steroid dienone is 1. The van der Waals surface area contributed by atoms with Crippen LogP contribution in [-0.4, -0.2) is 54.3 Å². The summed E-state index contributed by atoms with van der Waals surface area (Å²) in [6.07, 6.45) is 5.48. The minimum Gasteiger partial charge on any atom is -0.441 e. The molecule has 0 atom stereocenters. The fourth-order valence-electron chi connectivity index (χ4n) is 9.27. The predicted octanol–water partition coefficient (Wildman–Crippen LogP) is 17.2. The van der Waals surface area contributed by atoms with Crippen molar-refractivity contribution < 1.29 is 8.83 Å². The van der Waals surface area contributed by atoms with E-state index in [-0.39, 0.29) is 0 Å². The monoisotopic (exact) mass is 1110 g/mol. The minimum absolute atomic E-state index is 0.645. The molecule has 0 aliphatic rings. The van der Waals surface area contributed by atoms with Gasteiger partial charge in [0.05, 0.1) is 6.20 Å². The van der Waals surface area contributed by atoms with E-state index in [2.05, 4.69) is 170 Å². The van der Waals surface area contributed by atoms with Crippen LogP contribution in [0, 0.1) is 34.6 Å². The van der Waals surface area contributed by atoms with E-state index in [1.54, 1.807) is 6.20 Å². The van der Waals surface area contributed by atoms with Gasteiger partial charge in [0.25, 0.3) is 0 Å². The lowest BCUT2D eigenvalue weighted by Gasteiger charge is -2.09. The topological polar surface area (TPSA) is 144 Å². The molecule has 0 fully saturated rings. The first-order valence-corrected chi connectivity index (χ1v) is 27.9. The van der Waals surface area contributed by atoms with Gasteiger partial charge >= 0.3 is 0 Å². The highest BCUT2D eigenvalue weighted by atomic mass is 16.4. The van der Waals surface area contributed by atoms with Crippen molar-refractivity contribution in [3.05, 3.63) is 302 Å².